The fourth-order valence-corrected chi connectivity index (χ4v) is 2.41. The van der Waals surface area contributed by atoms with Gasteiger partial charge in [0, 0.05) is 19.2 Å². The van der Waals surface area contributed by atoms with Crippen molar-refractivity contribution in [1.82, 2.24) is 5.43 Å². The van der Waals surface area contributed by atoms with E-state index in [2.05, 4.69) is 49.0 Å². The summed E-state index contributed by atoms with van der Waals surface area (Å²) in [6.07, 6.45) is 1.39. The minimum atomic E-state index is -0.297. The Morgan fingerprint density at radius 2 is 2.10 bits per heavy atom. The van der Waals surface area contributed by atoms with Gasteiger partial charge in [-0.25, -0.2) is 5.43 Å². The number of carbonyl (C=O) groups excluding carboxylic acids is 1. The second kappa shape index (κ2) is 6.85. The molecule has 1 amide bonds. The zero-order chi connectivity index (χ0) is 14.5. The standard InChI is InChI=1S/C14H10BrIN2O2/c15-11-4-5-13(19)10(6-11)8-17-18-14(20)9-2-1-3-12(16)7-9/h1-8,19H,(H,18,20)/b17-8+. The molecule has 0 bridgehead atoms. The molecule has 0 heterocycles. The van der Waals surface area contributed by atoms with Crippen molar-refractivity contribution < 1.29 is 9.90 Å². The summed E-state index contributed by atoms with van der Waals surface area (Å²) in [5.41, 5.74) is 3.47. The molecule has 4 nitrogen and oxygen atoms in total. The molecule has 0 aliphatic carbocycles. The average molecular weight is 445 g/mol. The summed E-state index contributed by atoms with van der Waals surface area (Å²) in [6, 6.07) is 12.2. The molecule has 0 aromatic heterocycles. The van der Waals surface area contributed by atoms with Gasteiger partial charge in [0.15, 0.2) is 0 Å². The van der Waals surface area contributed by atoms with Crippen molar-refractivity contribution in [1.29, 1.82) is 0 Å². The number of phenolic OH excluding ortho intramolecular Hbond substituents is 1. The van der Waals surface area contributed by atoms with Crippen molar-refractivity contribution in [2.75, 3.05) is 0 Å². The average Bonchev–Trinajstić information content (AvgIpc) is 2.42. The molecular formula is C14H10BrIN2O2. The van der Waals surface area contributed by atoms with Crippen LogP contribution in [0.25, 0.3) is 0 Å². The molecule has 2 N–H and O–H groups in total. The van der Waals surface area contributed by atoms with Gasteiger partial charge in [0.25, 0.3) is 5.91 Å². The second-order valence-electron chi connectivity index (χ2n) is 3.91. The zero-order valence-electron chi connectivity index (χ0n) is 10.2. The first-order chi connectivity index (χ1) is 9.56. The molecule has 0 unspecified atom stereocenters. The Bertz CT molecular complexity index is 674. The SMILES string of the molecule is O=C(N/N=C/c1cc(Br)ccc1O)c1cccc(I)c1. The highest BCUT2D eigenvalue weighted by Crippen LogP contribution is 2.19. The summed E-state index contributed by atoms with van der Waals surface area (Å²) >= 11 is 5.44. The van der Waals surface area contributed by atoms with E-state index in [1.807, 2.05) is 6.07 Å². The van der Waals surface area contributed by atoms with Crippen LogP contribution in [-0.2, 0) is 0 Å². The van der Waals surface area contributed by atoms with Crippen LogP contribution >= 0.6 is 38.5 Å². The van der Waals surface area contributed by atoms with E-state index in [0.29, 0.717) is 11.1 Å². The van der Waals surface area contributed by atoms with Crippen LogP contribution in [0.4, 0.5) is 0 Å². The van der Waals surface area contributed by atoms with Crippen LogP contribution in [0.1, 0.15) is 15.9 Å². The number of hydrazone groups is 1. The van der Waals surface area contributed by atoms with E-state index >= 15 is 0 Å². The molecule has 2 aromatic carbocycles. The Kier molecular flexibility index (Phi) is 5.13. The van der Waals surface area contributed by atoms with Gasteiger partial charge in [0.1, 0.15) is 5.75 Å². The smallest absolute Gasteiger partial charge is 0.271 e. The lowest BCUT2D eigenvalue weighted by molar-refractivity contribution is 0.0955. The predicted molar refractivity (Wildman–Crippen MR) is 90.0 cm³/mol. The third-order valence-corrected chi connectivity index (χ3v) is 3.61. The highest BCUT2D eigenvalue weighted by Gasteiger charge is 2.04. The lowest BCUT2D eigenvalue weighted by atomic mass is 10.2. The van der Waals surface area contributed by atoms with Crippen molar-refractivity contribution in [2.45, 2.75) is 0 Å². The summed E-state index contributed by atoms with van der Waals surface area (Å²) in [5.74, 6) is -0.199. The largest absolute Gasteiger partial charge is 0.507 e. The van der Waals surface area contributed by atoms with E-state index in [9.17, 15) is 9.90 Å². The molecule has 0 atom stereocenters. The number of hydrogen-bond acceptors (Lipinski definition) is 3. The maximum absolute atomic E-state index is 11.8. The lowest BCUT2D eigenvalue weighted by Gasteiger charge is -2.01. The number of phenols is 1. The molecule has 2 rings (SSSR count). The van der Waals surface area contributed by atoms with Gasteiger partial charge in [-0.05, 0) is 59.0 Å². The fraction of sp³-hybridized carbons (Fsp3) is 0. The van der Waals surface area contributed by atoms with E-state index in [4.69, 9.17) is 0 Å². The quantitative estimate of drug-likeness (QED) is 0.432. The summed E-state index contributed by atoms with van der Waals surface area (Å²) in [5, 5.41) is 13.5. The van der Waals surface area contributed by atoms with Gasteiger partial charge in [-0.3, -0.25) is 4.79 Å². The summed E-state index contributed by atoms with van der Waals surface area (Å²) < 4.78 is 1.80. The molecule has 0 saturated heterocycles. The van der Waals surface area contributed by atoms with E-state index < -0.39 is 0 Å². The number of amides is 1. The molecule has 20 heavy (non-hydrogen) atoms. The Labute approximate surface area is 138 Å². The molecule has 6 heteroatoms. The topological polar surface area (TPSA) is 61.7 Å². The summed E-state index contributed by atoms with van der Waals surface area (Å²) in [7, 11) is 0. The van der Waals surface area contributed by atoms with Gasteiger partial charge >= 0.3 is 0 Å². The first kappa shape index (κ1) is 15.0. The Morgan fingerprint density at radius 3 is 2.85 bits per heavy atom. The van der Waals surface area contributed by atoms with Gasteiger partial charge in [0.2, 0.25) is 0 Å². The molecule has 2 aromatic rings. The van der Waals surface area contributed by atoms with E-state index in [-0.39, 0.29) is 11.7 Å². The zero-order valence-corrected chi connectivity index (χ0v) is 13.9. The molecule has 0 aliphatic heterocycles. The van der Waals surface area contributed by atoms with Gasteiger partial charge in [-0.1, -0.05) is 22.0 Å². The first-order valence-electron chi connectivity index (χ1n) is 5.64. The number of hydrogen-bond donors (Lipinski definition) is 2. The molecule has 102 valence electrons. The first-order valence-corrected chi connectivity index (χ1v) is 7.51. The number of benzene rings is 2. The fourth-order valence-electron chi connectivity index (χ4n) is 1.48. The normalized spacial score (nSPS) is 10.7. The number of nitrogens with zero attached hydrogens (tertiary/aromatic N) is 1. The Morgan fingerprint density at radius 1 is 1.30 bits per heavy atom. The number of rotatable bonds is 3. The third-order valence-electron chi connectivity index (χ3n) is 2.45. The van der Waals surface area contributed by atoms with Crippen LogP contribution in [0, 0.1) is 3.57 Å². The highest BCUT2D eigenvalue weighted by molar-refractivity contribution is 14.1. The van der Waals surface area contributed by atoms with Gasteiger partial charge in [-0.2, -0.15) is 5.10 Å². The van der Waals surface area contributed by atoms with Crippen LogP contribution in [0.2, 0.25) is 0 Å². The molecule has 0 saturated carbocycles. The van der Waals surface area contributed by atoms with Gasteiger partial charge in [0.05, 0.1) is 6.21 Å². The Hall–Kier alpha value is -1.41. The monoisotopic (exact) mass is 444 g/mol. The van der Waals surface area contributed by atoms with Crippen molar-refractivity contribution in [3.8, 4) is 5.75 Å². The molecular weight excluding hydrogens is 435 g/mol. The van der Waals surface area contributed by atoms with Crippen LogP contribution in [0.15, 0.2) is 52.0 Å². The van der Waals surface area contributed by atoms with Crippen LogP contribution in [-0.4, -0.2) is 17.2 Å². The lowest BCUT2D eigenvalue weighted by Crippen LogP contribution is -2.17. The second-order valence-corrected chi connectivity index (χ2v) is 6.07. The maximum Gasteiger partial charge on any atom is 0.271 e. The minimum Gasteiger partial charge on any atom is -0.507 e. The van der Waals surface area contributed by atoms with Crippen molar-refractivity contribution in [2.24, 2.45) is 5.10 Å². The van der Waals surface area contributed by atoms with E-state index in [1.54, 1.807) is 36.4 Å². The third kappa shape index (κ3) is 4.04. The van der Waals surface area contributed by atoms with E-state index in [0.717, 1.165) is 8.04 Å². The number of aromatic hydroxyl groups is 1. The molecule has 0 fully saturated rings. The van der Waals surface area contributed by atoms with E-state index in [1.165, 1.54) is 6.21 Å². The molecule has 0 radical (unpaired) electrons. The predicted octanol–water partition coefficient (Wildman–Crippen LogP) is 3.52. The molecule has 0 spiro atoms. The van der Waals surface area contributed by atoms with Crippen molar-refractivity contribution in [3.05, 3.63) is 61.6 Å². The van der Waals surface area contributed by atoms with Gasteiger partial charge in [-0.15, -0.1) is 0 Å². The van der Waals surface area contributed by atoms with Crippen LogP contribution in [0.5, 0.6) is 5.75 Å². The number of halogens is 2. The number of carbonyl (C=O) groups is 1. The molecule has 0 aliphatic rings. The highest BCUT2D eigenvalue weighted by atomic mass is 127. The Balaban J connectivity index is 2.06. The summed E-state index contributed by atoms with van der Waals surface area (Å²) in [4.78, 5) is 11.8. The summed E-state index contributed by atoms with van der Waals surface area (Å²) in [6.45, 7) is 0. The number of nitrogens with one attached hydrogen (secondary N) is 1. The maximum atomic E-state index is 11.8. The van der Waals surface area contributed by atoms with Crippen LogP contribution in [0.3, 0.4) is 0 Å². The van der Waals surface area contributed by atoms with Crippen LogP contribution < -0.4 is 5.43 Å². The van der Waals surface area contributed by atoms with Crippen molar-refractivity contribution >= 4 is 50.6 Å². The van der Waals surface area contributed by atoms with Gasteiger partial charge < -0.3 is 5.11 Å². The van der Waals surface area contributed by atoms with Crippen molar-refractivity contribution in [3.63, 3.8) is 0 Å². The minimum absolute atomic E-state index is 0.0976.